The van der Waals surface area contributed by atoms with Gasteiger partial charge in [-0.2, -0.15) is 0 Å². The van der Waals surface area contributed by atoms with Crippen molar-refractivity contribution in [1.82, 2.24) is 0 Å². The SMILES string of the molecule is CCc1csc2c(Br)cc(C=O)cc12. The Bertz CT molecular complexity index is 487. The van der Waals surface area contributed by atoms with Crippen LogP contribution < -0.4 is 0 Å². The molecule has 14 heavy (non-hydrogen) atoms. The smallest absolute Gasteiger partial charge is 0.150 e. The van der Waals surface area contributed by atoms with Crippen LogP contribution in [0.1, 0.15) is 22.8 Å². The first-order valence-electron chi connectivity index (χ1n) is 4.41. The predicted molar refractivity (Wildman–Crippen MR) is 64.3 cm³/mol. The number of thiophene rings is 1. The highest BCUT2D eigenvalue weighted by Crippen LogP contribution is 2.33. The van der Waals surface area contributed by atoms with Crippen molar-refractivity contribution in [1.29, 1.82) is 0 Å². The number of halogens is 1. The van der Waals surface area contributed by atoms with Gasteiger partial charge in [0.1, 0.15) is 6.29 Å². The third kappa shape index (κ3) is 1.51. The molecule has 0 bridgehead atoms. The summed E-state index contributed by atoms with van der Waals surface area (Å²) >= 11 is 5.20. The van der Waals surface area contributed by atoms with Crippen molar-refractivity contribution in [3.63, 3.8) is 0 Å². The van der Waals surface area contributed by atoms with Crippen molar-refractivity contribution in [3.8, 4) is 0 Å². The summed E-state index contributed by atoms with van der Waals surface area (Å²) in [5, 5.41) is 3.36. The van der Waals surface area contributed by atoms with E-state index in [2.05, 4.69) is 28.2 Å². The second-order valence-corrected chi connectivity index (χ2v) is 4.85. The van der Waals surface area contributed by atoms with E-state index in [0.717, 1.165) is 22.7 Å². The molecular weight excluding hydrogens is 260 g/mol. The topological polar surface area (TPSA) is 17.1 Å². The highest BCUT2D eigenvalue weighted by Gasteiger charge is 2.07. The minimum Gasteiger partial charge on any atom is -0.298 e. The molecule has 0 unspecified atom stereocenters. The molecule has 72 valence electrons. The monoisotopic (exact) mass is 268 g/mol. The van der Waals surface area contributed by atoms with Crippen molar-refractivity contribution in [2.24, 2.45) is 0 Å². The zero-order valence-corrected chi connectivity index (χ0v) is 10.1. The fourth-order valence-electron chi connectivity index (χ4n) is 1.51. The molecule has 0 N–H and O–H groups in total. The van der Waals surface area contributed by atoms with Crippen LogP contribution in [-0.4, -0.2) is 6.29 Å². The fourth-order valence-corrected chi connectivity index (χ4v) is 3.31. The highest BCUT2D eigenvalue weighted by molar-refractivity contribution is 9.10. The number of rotatable bonds is 2. The first-order chi connectivity index (χ1) is 6.76. The number of fused-ring (bicyclic) bond motifs is 1. The summed E-state index contributed by atoms with van der Waals surface area (Å²) in [6.45, 7) is 2.13. The van der Waals surface area contributed by atoms with E-state index in [1.54, 1.807) is 11.3 Å². The van der Waals surface area contributed by atoms with E-state index < -0.39 is 0 Å². The van der Waals surface area contributed by atoms with Crippen molar-refractivity contribution >= 4 is 43.6 Å². The van der Waals surface area contributed by atoms with Crippen molar-refractivity contribution in [3.05, 3.63) is 33.1 Å². The normalized spacial score (nSPS) is 10.7. The van der Waals surface area contributed by atoms with Crippen molar-refractivity contribution < 1.29 is 4.79 Å². The van der Waals surface area contributed by atoms with Gasteiger partial charge in [0.2, 0.25) is 0 Å². The molecule has 0 saturated carbocycles. The lowest BCUT2D eigenvalue weighted by Gasteiger charge is -1.98. The Balaban J connectivity index is 2.79. The van der Waals surface area contributed by atoms with Crippen LogP contribution in [0.4, 0.5) is 0 Å². The highest BCUT2D eigenvalue weighted by atomic mass is 79.9. The second kappa shape index (κ2) is 3.83. The van der Waals surface area contributed by atoms with E-state index in [-0.39, 0.29) is 0 Å². The summed E-state index contributed by atoms with van der Waals surface area (Å²) in [5.41, 5.74) is 2.05. The summed E-state index contributed by atoms with van der Waals surface area (Å²) in [5.74, 6) is 0. The van der Waals surface area contributed by atoms with Crippen LogP contribution in [-0.2, 0) is 6.42 Å². The lowest BCUT2D eigenvalue weighted by atomic mass is 10.1. The molecule has 1 nitrogen and oxygen atoms in total. The van der Waals surface area contributed by atoms with Crippen LogP contribution in [0.25, 0.3) is 10.1 Å². The average Bonchev–Trinajstić information content (AvgIpc) is 2.61. The van der Waals surface area contributed by atoms with Crippen molar-refractivity contribution in [2.45, 2.75) is 13.3 Å². The first-order valence-corrected chi connectivity index (χ1v) is 6.08. The predicted octanol–water partition coefficient (Wildman–Crippen LogP) is 4.04. The van der Waals surface area contributed by atoms with Gasteiger partial charge in [-0.15, -0.1) is 11.3 Å². The Morgan fingerprint density at radius 2 is 2.29 bits per heavy atom. The van der Waals surface area contributed by atoms with E-state index in [4.69, 9.17) is 0 Å². The van der Waals surface area contributed by atoms with E-state index in [1.807, 2.05) is 12.1 Å². The van der Waals surface area contributed by atoms with Gasteiger partial charge < -0.3 is 0 Å². The summed E-state index contributed by atoms with van der Waals surface area (Å²) in [6, 6.07) is 3.83. The van der Waals surface area contributed by atoms with Gasteiger partial charge >= 0.3 is 0 Å². The lowest BCUT2D eigenvalue weighted by molar-refractivity contribution is 0.112. The molecule has 0 aliphatic rings. The molecule has 2 aromatic rings. The van der Waals surface area contributed by atoms with Gasteiger partial charge in [-0.25, -0.2) is 0 Å². The van der Waals surface area contributed by atoms with Crippen LogP contribution in [0, 0.1) is 0 Å². The molecule has 0 saturated heterocycles. The summed E-state index contributed by atoms with van der Waals surface area (Å²) < 4.78 is 2.24. The molecule has 1 heterocycles. The third-order valence-electron chi connectivity index (χ3n) is 2.25. The molecule has 0 aliphatic heterocycles. The lowest BCUT2D eigenvalue weighted by Crippen LogP contribution is -1.82. The Morgan fingerprint density at radius 3 is 2.93 bits per heavy atom. The number of carbonyl (C=O) groups is 1. The molecule has 1 aromatic heterocycles. The number of hydrogen-bond donors (Lipinski definition) is 0. The third-order valence-corrected chi connectivity index (χ3v) is 4.21. The summed E-state index contributed by atoms with van der Waals surface area (Å²) in [7, 11) is 0. The zero-order chi connectivity index (χ0) is 10.1. The maximum absolute atomic E-state index is 10.7. The van der Waals surface area contributed by atoms with Gasteiger partial charge in [-0.1, -0.05) is 6.92 Å². The molecule has 2 rings (SSSR count). The van der Waals surface area contributed by atoms with Gasteiger partial charge in [-0.05, 0) is 50.8 Å². The molecule has 3 heteroatoms. The minimum absolute atomic E-state index is 0.734. The molecule has 0 fully saturated rings. The van der Waals surface area contributed by atoms with Crippen molar-refractivity contribution in [2.75, 3.05) is 0 Å². The van der Waals surface area contributed by atoms with E-state index in [1.165, 1.54) is 15.6 Å². The molecule has 0 amide bonds. The quantitative estimate of drug-likeness (QED) is 0.752. The Hall–Kier alpha value is -0.670. The van der Waals surface area contributed by atoms with E-state index in [9.17, 15) is 4.79 Å². The maximum atomic E-state index is 10.7. The Labute approximate surface area is 94.9 Å². The van der Waals surface area contributed by atoms with Gasteiger partial charge in [0.05, 0.1) is 0 Å². The summed E-state index contributed by atoms with van der Waals surface area (Å²) in [6.07, 6.45) is 1.90. The average molecular weight is 269 g/mol. The fraction of sp³-hybridized carbons (Fsp3) is 0.182. The molecule has 1 aromatic carbocycles. The molecule has 0 atom stereocenters. The standard InChI is InChI=1S/C11H9BrOS/c1-2-8-6-14-11-9(8)3-7(5-13)4-10(11)12/h3-6H,2H2,1H3. The van der Waals surface area contributed by atoms with Gasteiger partial charge in [0.15, 0.2) is 0 Å². The minimum atomic E-state index is 0.734. The number of hydrogen-bond acceptors (Lipinski definition) is 2. The number of carbonyl (C=O) groups excluding carboxylic acids is 1. The number of benzene rings is 1. The number of aldehydes is 1. The molecule has 0 radical (unpaired) electrons. The largest absolute Gasteiger partial charge is 0.298 e. The number of aryl methyl sites for hydroxylation is 1. The summed E-state index contributed by atoms with van der Waals surface area (Å²) in [4.78, 5) is 10.7. The van der Waals surface area contributed by atoms with Gasteiger partial charge in [0.25, 0.3) is 0 Å². The zero-order valence-electron chi connectivity index (χ0n) is 7.71. The van der Waals surface area contributed by atoms with Crippen LogP contribution in [0.5, 0.6) is 0 Å². The molecule has 0 spiro atoms. The van der Waals surface area contributed by atoms with Crippen LogP contribution in [0.15, 0.2) is 22.0 Å². The molecular formula is C11H9BrOS. The van der Waals surface area contributed by atoms with Crippen LogP contribution >= 0.6 is 27.3 Å². The van der Waals surface area contributed by atoms with E-state index >= 15 is 0 Å². The maximum Gasteiger partial charge on any atom is 0.150 e. The second-order valence-electron chi connectivity index (χ2n) is 3.11. The first kappa shape index (κ1) is 9.87. The molecule has 0 aliphatic carbocycles. The Kier molecular flexibility index (Phi) is 2.70. The van der Waals surface area contributed by atoms with Gasteiger partial charge in [0, 0.05) is 14.7 Å². The van der Waals surface area contributed by atoms with Crippen LogP contribution in [0.3, 0.4) is 0 Å². The van der Waals surface area contributed by atoms with E-state index in [0.29, 0.717) is 0 Å². The Morgan fingerprint density at radius 1 is 1.50 bits per heavy atom. The van der Waals surface area contributed by atoms with Gasteiger partial charge in [-0.3, -0.25) is 4.79 Å². The van der Waals surface area contributed by atoms with Crippen LogP contribution in [0.2, 0.25) is 0 Å².